The van der Waals surface area contributed by atoms with Crippen LogP contribution in [-0.4, -0.2) is 37.6 Å². The van der Waals surface area contributed by atoms with Crippen molar-refractivity contribution >= 4 is 57.6 Å². The highest BCUT2D eigenvalue weighted by Crippen LogP contribution is 2.32. The second-order valence-electron chi connectivity index (χ2n) is 6.89. The summed E-state index contributed by atoms with van der Waals surface area (Å²) in [6.07, 6.45) is 3.61. The summed E-state index contributed by atoms with van der Waals surface area (Å²) in [6, 6.07) is 13.0. The minimum atomic E-state index is -0.629. The van der Waals surface area contributed by atoms with Gasteiger partial charge < -0.3 is 10.4 Å². The van der Waals surface area contributed by atoms with E-state index in [1.807, 2.05) is 43.3 Å². The number of benzene rings is 2. The number of phenolic OH excluding ortho intramolecular Hbond substituents is 1. The standard InChI is InChI=1S/C22H19N3O5S2/c1-14(11-15-5-3-2-4-6-15)12-19-21(28)24(22(31)32-19)10-9-20(27)23-17-13-16(25(29)30)7-8-18(17)26/h2-8,11-13,26H,9-10H2,1H3,(H,23,27)/b14-11+,19-12-. The second-order valence-corrected chi connectivity index (χ2v) is 8.56. The molecule has 1 fully saturated rings. The van der Waals surface area contributed by atoms with Crippen LogP contribution in [0.4, 0.5) is 11.4 Å². The van der Waals surface area contributed by atoms with Gasteiger partial charge in [-0.05, 0) is 30.2 Å². The largest absolute Gasteiger partial charge is 0.506 e. The molecule has 2 N–H and O–H groups in total. The number of hydrogen-bond donors (Lipinski definition) is 2. The zero-order valence-corrected chi connectivity index (χ0v) is 18.6. The third kappa shape index (κ3) is 5.80. The van der Waals surface area contributed by atoms with Gasteiger partial charge in [0, 0.05) is 25.1 Å². The van der Waals surface area contributed by atoms with Crippen LogP contribution < -0.4 is 5.32 Å². The zero-order chi connectivity index (χ0) is 23.3. The number of rotatable bonds is 7. The van der Waals surface area contributed by atoms with Crippen LogP contribution in [0.2, 0.25) is 0 Å². The quantitative estimate of drug-likeness (QED) is 0.202. The van der Waals surface area contributed by atoms with Gasteiger partial charge in [-0.1, -0.05) is 60.4 Å². The molecule has 1 heterocycles. The Hall–Kier alpha value is -3.50. The van der Waals surface area contributed by atoms with Gasteiger partial charge in [-0.15, -0.1) is 0 Å². The lowest BCUT2D eigenvalue weighted by molar-refractivity contribution is -0.384. The van der Waals surface area contributed by atoms with Gasteiger partial charge in [0.15, 0.2) is 0 Å². The SMILES string of the molecule is CC(/C=C1\SC(=S)N(CCC(=O)Nc2cc([N+](=O)[O-])ccc2O)C1=O)=C\c1ccccc1. The van der Waals surface area contributed by atoms with E-state index in [0.29, 0.717) is 9.23 Å². The van der Waals surface area contributed by atoms with E-state index in [1.165, 1.54) is 16.7 Å². The summed E-state index contributed by atoms with van der Waals surface area (Å²) in [7, 11) is 0. The van der Waals surface area contributed by atoms with Gasteiger partial charge in [-0.3, -0.25) is 24.6 Å². The molecule has 0 saturated carbocycles. The van der Waals surface area contributed by atoms with Crippen molar-refractivity contribution in [1.29, 1.82) is 0 Å². The number of nitro groups is 1. The fourth-order valence-corrected chi connectivity index (χ4v) is 4.28. The normalized spacial score (nSPS) is 15.3. The van der Waals surface area contributed by atoms with E-state index in [2.05, 4.69) is 5.32 Å². The summed E-state index contributed by atoms with van der Waals surface area (Å²) in [5.41, 5.74) is 1.56. The fraction of sp³-hybridized carbons (Fsp3) is 0.136. The maximum atomic E-state index is 12.7. The van der Waals surface area contributed by atoms with Gasteiger partial charge in [0.25, 0.3) is 11.6 Å². The molecule has 3 rings (SSSR count). The van der Waals surface area contributed by atoms with E-state index in [0.717, 1.165) is 29.3 Å². The Bertz CT molecular complexity index is 1150. The van der Waals surface area contributed by atoms with Gasteiger partial charge >= 0.3 is 0 Å². The number of nitrogens with zero attached hydrogens (tertiary/aromatic N) is 2. The molecule has 1 aliphatic rings. The molecule has 32 heavy (non-hydrogen) atoms. The number of phenols is 1. The first-order chi connectivity index (χ1) is 15.2. The first kappa shape index (κ1) is 23.2. The van der Waals surface area contributed by atoms with E-state index < -0.39 is 10.8 Å². The van der Waals surface area contributed by atoms with Gasteiger partial charge in [0.1, 0.15) is 10.1 Å². The molecule has 0 unspecified atom stereocenters. The molecule has 2 aromatic rings. The Kier molecular flexibility index (Phi) is 7.39. The average molecular weight is 470 g/mol. The number of carbonyl (C=O) groups excluding carboxylic acids is 2. The fourth-order valence-electron chi connectivity index (χ4n) is 2.92. The molecule has 0 spiro atoms. The number of nitrogens with one attached hydrogen (secondary N) is 1. The Morgan fingerprint density at radius 2 is 2.00 bits per heavy atom. The maximum absolute atomic E-state index is 12.7. The third-order valence-electron chi connectivity index (χ3n) is 4.45. The lowest BCUT2D eigenvalue weighted by Gasteiger charge is -2.14. The van der Waals surface area contributed by atoms with Gasteiger partial charge in [-0.25, -0.2) is 0 Å². The van der Waals surface area contributed by atoms with Crippen molar-refractivity contribution in [2.75, 3.05) is 11.9 Å². The smallest absolute Gasteiger partial charge is 0.271 e. The minimum Gasteiger partial charge on any atom is -0.506 e. The average Bonchev–Trinajstić information content (AvgIpc) is 3.01. The number of aromatic hydroxyl groups is 1. The second kappa shape index (κ2) is 10.2. The number of amides is 2. The lowest BCUT2D eigenvalue weighted by atomic mass is 10.1. The van der Waals surface area contributed by atoms with Gasteiger partial charge in [0.2, 0.25) is 5.91 Å². The van der Waals surface area contributed by atoms with Crippen LogP contribution in [0.1, 0.15) is 18.9 Å². The number of thiocarbonyl (C=S) groups is 1. The molecule has 164 valence electrons. The Morgan fingerprint density at radius 1 is 1.28 bits per heavy atom. The van der Waals surface area contributed by atoms with Crippen molar-refractivity contribution in [3.63, 3.8) is 0 Å². The number of anilines is 1. The molecule has 1 saturated heterocycles. The molecule has 0 aliphatic carbocycles. The predicted molar refractivity (Wildman–Crippen MR) is 128 cm³/mol. The molecular formula is C22H19N3O5S2. The molecule has 2 amide bonds. The highest BCUT2D eigenvalue weighted by atomic mass is 32.2. The highest BCUT2D eigenvalue weighted by Gasteiger charge is 2.32. The number of allylic oxidation sites excluding steroid dienone is 2. The summed E-state index contributed by atoms with van der Waals surface area (Å²) in [6.45, 7) is 1.93. The Labute approximate surface area is 193 Å². The number of hydrogen-bond acceptors (Lipinski definition) is 7. The molecule has 0 atom stereocenters. The summed E-state index contributed by atoms with van der Waals surface area (Å²) >= 11 is 6.45. The highest BCUT2D eigenvalue weighted by molar-refractivity contribution is 8.26. The van der Waals surface area contributed by atoms with E-state index in [4.69, 9.17) is 12.2 Å². The van der Waals surface area contributed by atoms with Crippen molar-refractivity contribution in [3.05, 3.63) is 80.8 Å². The predicted octanol–water partition coefficient (Wildman–Crippen LogP) is 4.48. The van der Waals surface area contributed by atoms with E-state index in [1.54, 1.807) is 6.08 Å². The van der Waals surface area contributed by atoms with E-state index >= 15 is 0 Å². The van der Waals surface area contributed by atoms with Gasteiger partial charge in [0.05, 0.1) is 15.5 Å². The van der Waals surface area contributed by atoms with Crippen LogP contribution in [0.3, 0.4) is 0 Å². The first-order valence-electron chi connectivity index (χ1n) is 9.50. The number of thioether (sulfide) groups is 1. The Balaban J connectivity index is 1.62. The van der Waals surface area contributed by atoms with Crippen LogP contribution >= 0.6 is 24.0 Å². The van der Waals surface area contributed by atoms with Crippen molar-refractivity contribution in [2.45, 2.75) is 13.3 Å². The van der Waals surface area contributed by atoms with Crippen LogP contribution in [0.15, 0.2) is 65.1 Å². The monoisotopic (exact) mass is 469 g/mol. The van der Waals surface area contributed by atoms with Crippen molar-refractivity contribution in [3.8, 4) is 5.75 Å². The molecule has 1 aliphatic heterocycles. The molecule has 0 bridgehead atoms. The van der Waals surface area contributed by atoms with Crippen molar-refractivity contribution in [1.82, 2.24) is 4.90 Å². The summed E-state index contributed by atoms with van der Waals surface area (Å²) < 4.78 is 0.347. The molecule has 0 aromatic heterocycles. The molecule has 2 aromatic carbocycles. The molecule has 8 nitrogen and oxygen atoms in total. The number of nitro benzene ring substituents is 1. The first-order valence-corrected chi connectivity index (χ1v) is 10.7. The summed E-state index contributed by atoms with van der Waals surface area (Å²) in [4.78, 5) is 37.1. The van der Waals surface area contributed by atoms with Crippen LogP contribution in [0.5, 0.6) is 5.75 Å². The molecule has 10 heteroatoms. The number of carbonyl (C=O) groups is 2. The van der Waals surface area contributed by atoms with E-state index in [9.17, 15) is 24.8 Å². The number of non-ortho nitro benzene ring substituents is 1. The van der Waals surface area contributed by atoms with Crippen LogP contribution in [0, 0.1) is 10.1 Å². The van der Waals surface area contributed by atoms with Crippen LogP contribution in [-0.2, 0) is 9.59 Å². The maximum Gasteiger partial charge on any atom is 0.271 e. The minimum absolute atomic E-state index is 0.0466. The third-order valence-corrected chi connectivity index (χ3v) is 5.83. The van der Waals surface area contributed by atoms with Crippen molar-refractivity contribution in [2.24, 2.45) is 0 Å². The lowest BCUT2D eigenvalue weighted by Crippen LogP contribution is -2.31. The Morgan fingerprint density at radius 3 is 2.69 bits per heavy atom. The summed E-state index contributed by atoms with van der Waals surface area (Å²) in [5.74, 6) is -1.09. The van der Waals surface area contributed by atoms with Crippen molar-refractivity contribution < 1.29 is 19.6 Å². The topological polar surface area (TPSA) is 113 Å². The van der Waals surface area contributed by atoms with Crippen LogP contribution in [0.25, 0.3) is 6.08 Å². The van der Waals surface area contributed by atoms with E-state index in [-0.39, 0.29) is 36.0 Å². The van der Waals surface area contributed by atoms with Gasteiger partial charge in [-0.2, -0.15) is 0 Å². The molecule has 0 radical (unpaired) electrons. The summed E-state index contributed by atoms with van der Waals surface area (Å²) in [5, 5.41) is 23.1. The zero-order valence-electron chi connectivity index (χ0n) is 17.0. The molecular weight excluding hydrogens is 450 g/mol.